The van der Waals surface area contributed by atoms with E-state index in [2.05, 4.69) is 50.5 Å². The smallest absolute Gasteiger partial charge is 0.227 e. The van der Waals surface area contributed by atoms with Crippen molar-refractivity contribution < 1.29 is 0 Å². The molecule has 0 saturated carbocycles. The summed E-state index contributed by atoms with van der Waals surface area (Å²) in [6.07, 6.45) is 5.92. The first kappa shape index (κ1) is 19.8. The topological polar surface area (TPSA) is 56.3 Å². The molecule has 1 saturated heterocycles. The minimum absolute atomic E-state index is 0.601. The van der Waals surface area contributed by atoms with Crippen molar-refractivity contribution in [1.29, 1.82) is 0 Å². The number of nitrogens with zero attached hydrogens (tertiary/aromatic N) is 4. The standard InChI is InChI=1S/C24H25ClN6/c1-17-14-19(6-7-22(17)30-12-9-26-10-13-30)28-24-27-15-18-16-31(11-8-21(18)29-24)23-5-3-2-4-20(23)25/h2-8,11,14-15,26H,9-10,12-13,16H2,1H3,(H,27,28,29). The van der Waals surface area contributed by atoms with Crippen LogP contribution in [0.25, 0.3) is 6.08 Å². The van der Waals surface area contributed by atoms with E-state index in [1.807, 2.05) is 42.7 Å². The first-order valence-corrected chi connectivity index (χ1v) is 10.9. The van der Waals surface area contributed by atoms with E-state index in [0.717, 1.165) is 53.8 Å². The van der Waals surface area contributed by atoms with Crippen LogP contribution in [-0.4, -0.2) is 36.1 Å². The van der Waals surface area contributed by atoms with Gasteiger partial charge in [-0.2, -0.15) is 0 Å². The zero-order valence-electron chi connectivity index (χ0n) is 17.5. The Morgan fingerprint density at radius 3 is 2.71 bits per heavy atom. The Labute approximate surface area is 187 Å². The number of hydrogen-bond acceptors (Lipinski definition) is 6. The van der Waals surface area contributed by atoms with Crippen LogP contribution in [0, 0.1) is 6.92 Å². The van der Waals surface area contributed by atoms with Gasteiger partial charge in [0.15, 0.2) is 0 Å². The lowest BCUT2D eigenvalue weighted by atomic mass is 10.1. The van der Waals surface area contributed by atoms with E-state index in [9.17, 15) is 0 Å². The van der Waals surface area contributed by atoms with Gasteiger partial charge in [-0.1, -0.05) is 23.7 Å². The number of piperazine rings is 1. The summed E-state index contributed by atoms with van der Waals surface area (Å²) in [5.41, 5.74) is 6.51. The molecule has 2 aromatic carbocycles. The molecular formula is C24H25ClN6. The van der Waals surface area contributed by atoms with Gasteiger partial charge < -0.3 is 20.4 Å². The molecule has 158 valence electrons. The number of aromatic nitrogens is 2. The Morgan fingerprint density at radius 1 is 1.06 bits per heavy atom. The van der Waals surface area contributed by atoms with E-state index in [1.165, 1.54) is 11.3 Å². The molecule has 5 rings (SSSR count). The maximum atomic E-state index is 6.35. The van der Waals surface area contributed by atoms with Crippen molar-refractivity contribution in [3.05, 3.63) is 76.7 Å². The first-order valence-electron chi connectivity index (χ1n) is 10.6. The summed E-state index contributed by atoms with van der Waals surface area (Å²) in [5, 5.41) is 7.49. The number of benzene rings is 2. The molecular weight excluding hydrogens is 408 g/mol. The van der Waals surface area contributed by atoms with Crippen molar-refractivity contribution in [2.24, 2.45) is 0 Å². The first-order chi connectivity index (χ1) is 15.2. The second-order valence-corrected chi connectivity index (χ2v) is 8.27. The van der Waals surface area contributed by atoms with E-state index in [4.69, 9.17) is 16.6 Å². The average Bonchev–Trinajstić information content (AvgIpc) is 2.80. The van der Waals surface area contributed by atoms with E-state index in [1.54, 1.807) is 0 Å². The highest BCUT2D eigenvalue weighted by molar-refractivity contribution is 6.33. The molecule has 3 heterocycles. The predicted octanol–water partition coefficient (Wildman–Crippen LogP) is 4.58. The molecule has 6 nitrogen and oxygen atoms in total. The molecule has 0 bridgehead atoms. The van der Waals surface area contributed by atoms with Gasteiger partial charge in [0.05, 0.1) is 22.9 Å². The molecule has 0 radical (unpaired) electrons. The normalized spacial score (nSPS) is 15.7. The Bertz CT molecular complexity index is 1120. The number of fused-ring (bicyclic) bond motifs is 1. The molecule has 1 aromatic heterocycles. The maximum absolute atomic E-state index is 6.35. The van der Waals surface area contributed by atoms with Crippen LogP contribution in [0.4, 0.5) is 23.0 Å². The lowest BCUT2D eigenvalue weighted by Crippen LogP contribution is -2.43. The molecule has 0 spiro atoms. The van der Waals surface area contributed by atoms with E-state index >= 15 is 0 Å². The number of anilines is 4. The van der Waals surface area contributed by atoms with Crippen molar-refractivity contribution in [3.63, 3.8) is 0 Å². The third-order valence-electron chi connectivity index (χ3n) is 5.72. The zero-order valence-corrected chi connectivity index (χ0v) is 18.2. The van der Waals surface area contributed by atoms with Crippen LogP contribution >= 0.6 is 11.6 Å². The third-order valence-corrected chi connectivity index (χ3v) is 6.04. The summed E-state index contributed by atoms with van der Waals surface area (Å²) in [6.45, 7) is 6.99. The van der Waals surface area contributed by atoms with Gasteiger partial charge in [-0.05, 0) is 48.9 Å². The van der Waals surface area contributed by atoms with Crippen molar-refractivity contribution >= 4 is 40.7 Å². The lowest BCUT2D eigenvalue weighted by molar-refractivity contribution is 0.588. The third kappa shape index (κ3) is 4.22. The van der Waals surface area contributed by atoms with Gasteiger partial charge in [0.25, 0.3) is 0 Å². The molecule has 0 aliphatic carbocycles. The summed E-state index contributed by atoms with van der Waals surface area (Å²) < 4.78 is 0. The fraction of sp³-hybridized carbons (Fsp3) is 0.250. The lowest BCUT2D eigenvalue weighted by Gasteiger charge is -2.31. The molecule has 2 N–H and O–H groups in total. The molecule has 31 heavy (non-hydrogen) atoms. The largest absolute Gasteiger partial charge is 0.369 e. The van der Waals surface area contributed by atoms with Gasteiger partial charge >= 0.3 is 0 Å². The van der Waals surface area contributed by atoms with Gasteiger partial charge in [0.2, 0.25) is 5.95 Å². The monoisotopic (exact) mass is 432 g/mol. The fourth-order valence-corrected chi connectivity index (χ4v) is 4.36. The number of nitrogens with one attached hydrogen (secondary N) is 2. The highest BCUT2D eigenvalue weighted by Gasteiger charge is 2.17. The molecule has 3 aromatic rings. The number of rotatable bonds is 4. The Hall–Kier alpha value is -3.09. The summed E-state index contributed by atoms with van der Waals surface area (Å²) in [7, 11) is 0. The number of hydrogen-bond donors (Lipinski definition) is 2. The minimum Gasteiger partial charge on any atom is -0.369 e. The van der Waals surface area contributed by atoms with Gasteiger partial charge in [0, 0.05) is 55.5 Å². The number of para-hydroxylation sites is 1. The molecule has 0 unspecified atom stereocenters. The van der Waals surface area contributed by atoms with Gasteiger partial charge in [-0.15, -0.1) is 0 Å². The Kier molecular flexibility index (Phi) is 5.49. The van der Waals surface area contributed by atoms with Gasteiger partial charge in [0.1, 0.15) is 0 Å². The molecule has 2 aliphatic heterocycles. The van der Waals surface area contributed by atoms with Crippen LogP contribution in [0.1, 0.15) is 16.8 Å². The van der Waals surface area contributed by atoms with Crippen molar-refractivity contribution in [3.8, 4) is 0 Å². The molecule has 1 fully saturated rings. The van der Waals surface area contributed by atoms with E-state index in [0.29, 0.717) is 12.5 Å². The summed E-state index contributed by atoms with van der Waals surface area (Å²) in [4.78, 5) is 13.8. The average molecular weight is 433 g/mol. The van der Waals surface area contributed by atoms with E-state index < -0.39 is 0 Å². The van der Waals surface area contributed by atoms with Crippen LogP contribution in [0.3, 0.4) is 0 Å². The second-order valence-electron chi connectivity index (χ2n) is 7.86. The zero-order chi connectivity index (χ0) is 21.2. The quantitative estimate of drug-likeness (QED) is 0.629. The minimum atomic E-state index is 0.601. The SMILES string of the molecule is Cc1cc(Nc2ncc3c(n2)C=CN(c2ccccc2Cl)C3)ccc1N1CCNCC1. The summed E-state index contributed by atoms with van der Waals surface area (Å²) >= 11 is 6.35. The van der Waals surface area contributed by atoms with Crippen molar-refractivity contribution in [2.75, 3.05) is 41.3 Å². The van der Waals surface area contributed by atoms with E-state index in [-0.39, 0.29) is 0 Å². The van der Waals surface area contributed by atoms with Crippen LogP contribution in [-0.2, 0) is 6.54 Å². The van der Waals surface area contributed by atoms with Crippen LogP contribution < -0.4 is 20.4 Å². The van der Waals surface area contributed by atoms with Crippen LogP contribution in [0.15, 0.2) is 54.9 Å². The van der Waals surface area contributed by atoms with Crippen molar-refractivity contribution in [2.45, 2.75) is 13.5 Å². The van der Waals surface area contributed by atoms with Gasteiger partial charge in [-0.25, -0.2) is 9.97 Å². The highest BCUT2D eigenvalue weighted by Crippen LogP contribution is 2.31. The molecule has 0 atom stereocenters. The highest BCUT2D eigenvalue weighted by atomic mass is 35.5. The predicted molar refractivity (Wildman–Crippen MR) is 128 cm³/mol. The maximum Gasteiger partial charge on any atom is 0.227 e. The Morgan fingerprint density at radius 2 is 1.90 bits per heavy atom. The number of aryl methyl sites for hydroxylation is 1. The second kappa shape index (κ2) is 8.57. The fourth-order valence-electron chi connectivity index (χ4n) is 4.12. The molecule has 0 amide bonds. The summed E-state index contributed by atoms with van der Waals surface area (Å²) in [6, 6.07) is 14.3. The molecule has 2 aliphatic rings. The summed E-state index contributed by atoms with van der Waals surface area (Å²) in [5.74, 6) is 0.601. The number of halogens is 1. The Balaban J connectivity index is 1.32. The van der Waals surface area contributed by atoms with Crippen molar-refractivity contribution in [1.82, 2.24) is 15.3 Å². The molecule has 7 heteroatoms. The van der Waals surface area contributed by atoms with Gasteiger partial charge in [-0.3, -0.25) is 0 Å². The van der Waals surface area contributed by atoms with Crippen LogP contribution in [0.5, 0.6) is 0 Å². The van der Waals surface area contributed by atoms with Crippen LogP contribution in [0.2, 0.25) is 5.02 Å².